The van der Waals surface area contributed by atoms with Gasteiger partial charge in [-0.2, -0.15) is 0 Å². The number of rotatable bonds is 7. The van der Waals surface area contributed by atoms with Gasteiger partial charge in [-0.05, 0) is 52.7 Å². The zero-order valence-electron chi connectivity index (χ0n) is 16.7. The smallest absolute Gasteiger partial charge is 0.408 e. The van der Waals surface area contributed by atoms with E-state index in [1.807, 2.05) is 44.2 Å². The number of benzene rings is 1. The lowest BCUT2D eigenvalue weighted by Crippen LogP contribution is -2.45. The number of para-hydroxylation sites is 1. The average Bonchev–Trinajstić information content (AvgIpc) is 2.51. The molecular weight excluding hydrogens is 334 g/mol. The van der Waals surface area contributed by atoms with E-state index in [4.69, 9.17) is 14.2 Å². The first-order valence-electron chi connectivity index (χ1n) is 8.91. The van der Waals surface area contributed by atoms with Crippen molar-refractivity contribution >= 4 is 12.1 Å². The molecule has 1 aromatic carbocycles. The molecule has 0 heterocycles. The SMILES string of the molecule is CC(C)[C@H](Oc1ccccc1)[C@@H](C)OC(=O)[C@@H](C)NC(=O)OC(C)(C)C. The van der Waals surface area contributed by atoms with E-state index in [0.717, 1.165) is 0 Å². The fraction of sp³-hybridized carbons (Fsp3) is 0.600. The molecule has 0 saturated heterocycles. The lowest BCUT2D eigenvalue weighted by Gasteiger charge is -2.29. The van der Waals surface area contributed by atoms with Crippen molar-refractivity contribution in [2.45, 2.75) is 72.3 Å². The van der Waals surface area contributed by atoms with Crippen LogP contribution in [-0.4, -0.2) is 35.9 Å². The number of esters is 1. The quantitative estimate of drug-likeness (QED) is 0.741. The van der Waals surface area contributed by atoms with Gasteiger partial charge in [-0.1, -0.05) is 32.0 Å². The summed E-state index contributed by atoms with van der Waals surface area (Å²) in [4.78, 5) is 24.1. The van der Waals surface area contributed by atoms with E-state index in [2.05, 4.69) is 5.32 Å². The lowest BCUT2D eigenvalue weighted by molar-refractivity contribution is -0.156. The number of carbonyl (C=O) groups is 2. The highest BCUT2D eigenvalue weighted by Crippen LogP contribution is 2.19. The maximum Gasteiger partial charge on any atom is 0.408 e. The Labute approximate surface area is 156 Å². The Balaban J connectivity index is 2.63. The molecule has 0 aromatic heterocycles. The van der Waals surface area contributed by atoms with Crippen LogP contribution >= 0.6 is 0 Å². The number of amides is 1. The number of carbonyl (C=O) groups excluding carboxylic acids is 2. The van der Waals surface area contributed by atoms with E-state index in [1.165, 1.54) is 0 Å². The molecule has 0 aliphatic rings. The third-order valence-corrected chi connectivity index (χ3v) is 3.52. The van der Waals surface area contributed by atoms with Crippen molar-refractivity contribution in [2.24, 2.45) is 5.92 Å². The minimum absolute atomic E-state index is 0.132. The summed E-state index contributed by atoms with van der Waals surface area (Å²) < 4.78 is 16.6. The van der Waals surface area contributed by atoms with Crippen molar-refractivity contribution in [2.75, 3.05) is 0 Å². The Morgan fingerprint density at radius 3 is 2.08 bits per heavy atom. The average molecular weight is 365 g/mol. The van der Waals surface area contributed by atoms with E-state index in [-0.39, 0.29) is 12.0 Å². The molecule has 1 N–H and O–H groups in total. The summed E-state index contributed by atoms with van der Waals surface area (Å²) in [6.45, 7) is 12.6. The van der Waals surface area contributed by atoms with Gasteiger partial charge in [-0.3, -0.25) is 0 Å². The van der Waals surface area contributed by atoms with Crippen molar-refractivity contribution in [1.29, 1.82) is 0 Å². The van der Waals surface area contributed by atoms with Gasteiger partial charge in [0.2, 0.25) is 0 Å². The molecule has 0 aliphatic heterocycles. The van der Waals surface area contributed by atoms with Gasteiger partial charge in [0.1, 0.15) is 29.6 Å². The largest absolute Gasteiger partial charge is 0.486 e. The Hall–Kier alpha value is -2.24. The normalized spacial score (nSPS) is 14.9. The molecular formula is C20H31NO5. The summed E-state index contributed by atoms with van der Waals surface area (Å²) in [7, 11) is 0. The van der Waals surface area contributed by atoms with Crippen LogP contribution in [0.25, 0.3) is 0 Å². The molecule has 1 rings (SSSR count). The molecule has 0 aliphatic carbocycles. The fourth-order valence-electron chi connectivity index (χ4n) is 2.33. The Morgan fingerprint density at radius 1 is 1.00 bits per heavy atom. The molecule has 0 fully saturated rings. The molecule has 26 heavy (non-hydrogen) atoms. The molecule has 1 amide bonds. The second kappa shape index (κ2) is 9.46. The minimum atomic E-state index is -0.822. The van der Waals surface area contributed by atoms with Gasteiger partial charge in [0.25, 0.3) is 0 Å². The molecule has 0 spiro atoms. The van der Waals surface area contributed by atoms with Crippen LogP contribution in [0, 0.1) is 5.92 Å². The monoisotopic (exact) mass is 365 g/mol. The third kappa shape index (κ3) is 7.76. The van der Waals surface area contributed by atoms with Gasteiger partial charge in [0.05, 0.1) is 0 Å². The molecule has 0 radical (unpaired) electrons. The standard InChI is InChI=1S/C20H31NO5/c1-13(2)17(25-16-11-9-8-10-12-16)15(4)24-18(22)14(3)21-19(23)26-20(5,6)7/h8-15,17H,1-7H3,(H,21,23)/t14-,15-,17+/m1/s1. The van der Waals surface area contributed by atoms with Gasteiger partial charge in [0.15, 0.2) is 0 Å². The van der Waals surface area contributed by atoms with E-state index >= 15 is 0 Å². The summed E-state index contributed by atoms with van der Waals surface area (Å²) in [5.41, 5.74) is -0.632. The molecule has 6 heteroatoms. The van der Waals surface area contributed by atoms with E-state index in [9.17, 15) is 9.59 Å². The van der Waals surface area contributed by atoms with Crippen molar-refractivity contribution in [3.8, 4) is 5.75 Å². The minimum Gasteiger partial charge on any atom is -0.486 e. The number of alkyl carbamates (subject to hydrolysis) is 1. The van der Waals surface area contributed by atoms with Crippen molar-refractivity contribution in [1.82, 2.24) is 5.32 Å². The highest BCUT2D eigenvalue weighted by atomic mass is 16.6. The van der Waals surface area contributed by atoms with Gasteiger partial charge < -0.3 is 19.5 Å². The van der Waals surface area contributed by atoms with Crippen LogP contribution in [0.2, 0.25) is 0 Å². The first-order chi connectivity index (χ1) is 12.0. The predicted molar refractivity (Wildman–Crippen MR) is 100 cm³/mol. The first kappa shape index (κ1) is 21.8. The lowest BCUT2D eigenvalue weighted by atomic mass is 10.0. The second-order valence-corrected chi connectivity index (χ2v) is 7.65. The van der Waals surface area contributed by atoms with Gasteiger partial charge in [-0.25, -0.2) is 9.59 Å². The van der Waals surface area contributed by atoms with E-state index in [0.29, 0.717) is 5.75 Å². The van der Waals surface area contributed by atoms with Crippen molar-refractivity contribution < 1.29 is 23.8 Å². The van der Waals surface area contributed by atoms with Crippen molar-refractivity contribution in [3.05, 3.63) is 30.3 Å². The summed E-state index contributed by atoms with van der Waals surface area (Å²) >= 11 is 0. The number of nitrogens with one attached hydrogen (secondary N) is 1. The van der Waals surface area contributed by atoms with Gasteiger partial charge in [-0.15, -0.1) is 0 Å². The summed E-state index contributed by atoms with van der Waals surface area (Å²) in [5.74, 6) is 0.312. The summed E-state index contributed by atoms with van der Waals surface area (Å²) in [5, 5.41) is 2.48. The maximum absolute atomic E-state index is 12.3. The third-order valence-electron chi connectivity index (χ3n) is 3.52. The number of hydrogen-bond donors (Lipinski definition) is 1. The van der Waals surface area contributed by atoms with Crippen LogP contribution in [0.5, 0.6) is 5.75 Å². The molecule has 146 valence electrons. The van der Waals surface area contributed by atoms with Gasteiger partial charge >= 0.3 is 12.1 Å². The zero-order valence-corrected chi connectivity index (χ0v) is 16.7. The van der Waals surface area contributed by atoms with E-state index in [1.54, 1.807) is 34.6 Å². The second-order valence-electron chi connectivity index (χ2n) is 7.65. The predicted octanol–water partition coefficient (Wildman–Crippen LogP) is 3.93. The molecule has 0 unspecified atom stereocenters. The maximum atomic E-state index is 12.3. The van der Waals surface area contributed by atoms with Crippen LogP contribution in [0.15, 0.2) is 30.3 Å². The molecule has 0 bridgehead atoms. The van der Waals surface area contributed by atoms with Gasteiger partial charge in [0, 0.05) is 0 Å². The van der Waals surface area contributed by atoms with Crippen LogP contribution in [0.1, 0.15) is 48.5 Å². The van der Waals surface area contributed by atoms with E-state index < -0.39 is 29.8 Å². The number of hydrogen-bond acceptors (Lipinski definition) is 5. The first-order valence-corrected chi connectivity index (χ1v) is 8.91. The molecule has 6 nitrogen and oxygen atoms in total. The Kier molecular flexibility index (Phi) is 7.93. The molecule has 0 saturated carbocycles. The van der Waals surface area contributed by atoms with Crippen molar-refractivity contribution in [3.63, 3.8) is 0 Å². The zero-order chi connectivity index (χ0) is 19.9. The molecule has 1 aromatic rings. The fourth-order valence-corrected chi connectivity index (χ4v) is 2.33. The summed E-state index contributed by atoms with van der Waals surface area (Å²) in [6.07, 6.45) is -1.45. The summed E-state index contributed by atoms with van der Waals surface area (Å²) in [6, 6.07) is 8.57. The van der Waals surface area contributed by atoms with Crippen LogP contribution in [0.3, 0.4) is 0 Å². The Bertz CT molecular complexity index is 580. The highest BCUT2D eigenvalue weighted by Gasteiger charge is 2.29. The number of ether oxygens (including phenoxy) is 3. The topological polar surface area (TPSA) is 73.9 Å². The van der Waals surface area contributed by atoms with Crippen LogP contribution in [0.4, 0.5) is 4.79 Å². The Morgan fingerprint density at radius 2 is 1.58 bits per heavy atom. The van der Waals surface area contributed by atoms with Crippen LogP contribution < -0.4 is 10.1 Å². The molecule has 3 atom stereocenters. The van der Waals surface area contributed by atoms with Crippen LogP contribution in [-0.2, 0) is 14.3 Å². The highest BCUT2D eigenvalue weighted by molar-refractivity contribution is 5.81.